The lowest BCUT2D eigenvalue weighted by Gasteiger charge is -2.00. The standard InChI is InChI=1S/C10H14N2/c1-8-5-3-4-6-10(8)12-9(2)7-11/h3-6H,7,11H2,1-2H3/b12-9+. The van der Waals surface area contributed by atoms with Crippen LogP contribution < -0.4 is 5.73 Å². The van der Waals surface area contributed by atoms with Crippen molar-refractivity contribution >= 4 is 11.4 Å². The van der Waals surface area contributed by atoms with Crippen molar-refractivity contribution < 1.29 is 0 Å². The van der Waals surface area contributed by atoms with Crippen LogP contribution in [0.5, 0.6) is 0 Å². The second-order valence-corrected chi connectivity index (χ2v) is 2.84. The number of aryl methyl sites for hydroxylation is 1. The molecule has 2 nitrogen and oxygen atoms in total. The van der Waals surface area contributed by atoms with Crippen molar-refractivity contribution in [2.24, 2.45) is 10.7 Å². The van der Waals surface area contributed by atoms with E-state index in [-0.39, 0.29) is 0 Å². The normalized spacial score (nSPS) is 11.8. The van der Waals surface area contributed by atoms with E-state index >= 15 is 0 Å². The Balaban J connectivity index is 2.96. The van der Waals surface area contributed by atoms with Crippen molar-refractivity contribution in [3.63, 3.8) is 0 Å². The number of benzene rings is 1. The Hall–Kier alpha value is -1.15. The molecule has 1 rings (SSSR count). The van der Waals surface area contributed by atoms with Gasteiger partial charge in [-0.3, -0.25) is 4.99 Å². The van der Waals surface area contributed by atoms with E-state index in [0.29, 0.717) is 6.54 Å². The molecule has 0 amide bonds. The van der Waals surface area contributed by atoms with Crippen molar-refractivity contribution in [1.29, 1.82) is 0 Å². The Bertz CT molecular complexity index is 290. The molecule has 2 heteroatoms. The topological polar surface area (TPSA) is 38.4 Å². The molecule has 0 aliphatic carbocycles. The number of para-hydroxylation sites is 1. The minimum Gasteiger partial charge on any atom is -0.325 e. The van der Waals surface area contributed by atoms with Gasteiger partial charge < -0.3 is 5.73 Å². The molecule has 0 bridgehead atoms. The Morgan fingerprint density at radius 1 is 1.42 bits per heavy atom. The lowest BCUT2D eigenvalue weighted by molar-refractivity contribution is 1.27. The van der Waals surface area contributed by atoms with Gasteiger partial charge in [0, 0.05) is 12.3 Å². The summed E-state index contributed by atoms with van der Waals surface area (Å²) >= 11 is 0. The fraction of sp³-hybridized carbons (Fsp3) is 0.300. The van der Waals surface area contributed by atoms with Crippen LogP contribution in [0.4, 0.5) is 5.69 Å². The van der Waals surface area contributed by atoms with Gasteiger partial charge in [-0.1, -0.05) is 18.2 Å². The lowest BCUT2D eigenvalue weighted by Crippen LogP contribution is -2.08. The van der Waals surface area contributed by atoms with Gasteiger partial charge in [0.15, 0.2) is 0 Å². The first-order chi connectivity index (χ1) is 5.74. The molecule has 64 valence electrons. The summed E-state index contributed by atoms with van der Waals surface area (Å²) in [7, 11) is 0. The monoisotopic (exact) mass is 162 g/mol. The van der Waals surface area contributed by atoms with Crippen LogP contribution >= 0.6 is 0 Å². The maximum atomic E-state index is 5.44. The van der Waals surface area contributed by atoms with Crippen LogP contribution in [0.1, 0.15) is 12.5 Å². The van der Waals surface area contributed by atoms with Gasteiger partial charge in [0.25, 0.3) is 0 Å². The van der Waals surface area contributed by atoms with Crippen LogP contribution in [-0.4, -0.2) is 12.3 Å². The average molecular weight is 162 g/mol. The van der Waals surface area contributed by atoms with E-state index in [2.05, 4.69) is 4.99 Å². The summed E-state index contributed by atoms with van der Waals surface area (Å²) in [5.74, 6) is 0. The molecule has 1 aromatic rings. The zero-order valence-corrected chi connectivity index (χ0v) is 7.54. The van der Waals surface area contributed by atoms with Gasteiger partial charge in [0.05, 0.1) is 5.69 Å². The predicted molar refractivity (Wildman–Crippen MR) is 53.0 cm³/mol. The van der Waals surface area contributed by atoms with Crippen LogP contribution in [0.2, 0.25) is 0 Å². The zero-order chi connectivity index (χ0) is 8.97. The molecule has 12 heavy (non-hydrogen) atoms. The molecule has 0 atom stereocenters. The van der Waals surface area contributed by atoms with Gasteiger partial charge in [-0.05, 0) is 25.5 Å². The number of nitrogens with zero attached hydrogens (tertiary/aromatic N) is 1. The third-order valence-electron chi connectivity index (χ3n) is 1.72. The molecule has 2 N–H and O–H groups in total. The molecule has 0 aromatic heterocycles. The number of aliphatic imine (C=N–C) groups is 1. The van der Waals surface area contributed by atoms with Crippen molar-refractivity contribution in [2.75, 3.05) is 6.54 Å². The summed E-state index contributed by atoms with van der Waals surface area (Å²) in [5.41, 5.74) is 8.60. The van der Waals surface area contributed by atoms with E-state index < -0.39 is 0 Å². The van der Waals surface area contributed by atoms with E-state index in [4.69, 9.17) is 5.73 Å². The Morgan fingerprint density at radius 3 is 2.67 bits per heavy atom. The summed E-state index contributed by atoms with van der Waals surface area (Å²) in [6, 6.07) is 8.03. The van der Waals surface area contributed by atoms with Gasteiger partial charge in [-0.25, -0.2) is 0 Å². The van der Waals surface area contributed by atoms with Crippen LogP contribution in [0.3, 0.4) is 0 Å². The Labute approximate surface area is 73.1 Å². The highest BCUT2D eigenvalue weighted by Gasteiger charge is 1.93. The first-order valence-electron chi connectivity index (χ1n) is 4.04. The van der Waals surface area contributed by atoms with Gasteiger partial charge in [0.1, 0.15) is 0 Å². The number of nitrogens with two attached hydrogens (primary N) is 1. The van der Waals surface area contributed by atoms with Crippen LogP contribution in [-0.2, 0) is 0 Å². The molecule has 0 aliphatic rings. The molecule has 0 radical (unpaired) electrons. The summed E-state index contributed by atoms with van der Waals surface area (Å²) in [6.45, 7) is 4.50. The highest BCUT2D eigenvalue weighted by atomic mass is 14.8. The van der Waals surface area contributed by atoms with E-state index in [1.165, 1.54) is 5.56 Å². The first-order valence-corrected chi connectivity index (χ1v) is 4.04. The van der Waals surface area contributed by atoms with E-state index in [0.717, 1.165) is 11.4 Å². The van der Waals surface area contributed by atoms with Crippen molar-refractivity contribution in [1.82, 2.24) is 0 Å². The van der Waals surface area contributed by atoms with E-state index in [1.54, 1.807) is 0 Å². The molecule has 0 saturated heterocycles. The summed E-state index contributed by atoms with van der Waals surface area (Å²) in [5, 5.41) is 0. The largest absolute Gasteiger partial charge is 0.325 e. The van der Waals surface area contributed by atoms with Crippen molar-refractivity contribution in [2.45, 2.75) is 13.8 Å². The minimum absolute atomic E-state index is 0.522. The lowest BCUT2D eigenvalue weighted by atomic mass is 10.2. The number of hydrogen-bond donors (Lipinski definition) is 1. The fourth-order valence-corrected chi connectivity index (χ4v) is 0.940. The molecular formula is C10H14N2. The maximum absolute atomic E-state index is 5.44. The average Bonchev–Trinajstić information content (AvgIpc) is 2.09. The third-order valence-corrected chi connectivity index (χ3v) is 1.72. The van der Waals surface area contributed by atoms with E-state index in [9.17, 15) is 0 Å². The van der Waals surface area contributed by atoms with Crippen molar-refractivity contribution in [3.05, 3.63) is 29.8 Å². The number of hydrogen-bond acceptors (Lipinski definition) is 2. The fourth-order valence-electron chi connectivity index (χ4n) is 0.940. The minimum atomic E-state index is 0.522. The van der Waals surface area contributed by atoms with Crippen LogP contribution in [0.15, 0.2) is 29.3 Å². The molecule has 0 spiro atoms. The Kier molecular flexibility index (Phi) is 3.00. The van der Waals surface area contributed by atoms with Gasteiger partial charge in [-0.2, -0.15) is 0 Å². The molecular weight excluding hydrogens is 148 g/mol. The molecule has 1 aromatic carbocycles. The quantitative estimate of drug-likeness (QED) is 0.664. The molecule has 0 saturated carbocycles. The van der Waals surface area contributed by atoms with Crippen LogP contribution in [0, 0.1) is 6.92 Å². The summed E-state index contributed by atoms with van der Waals surface area (Å²) < 4.78 is 0. The summed E-state index contributed by atoms with van der Waals surface area (Å²) in [4.78, 5) is 4.37. The smallest absolute Gasteiger partial charge is 0.0658 e. The second-order valence-electron chi connectivity index (χ2n) is 2.84. The second kappa shape index (κ2) is 4.02. The SMILES string of the molecule is C/C(CN)=N\c1ccccc1C. The first kappa shape index (κ1) is 8.94. The molecule has 0 unspecified atom stereocenters. The van der Waals surface area contributed by atoms with Gasteiger partial charge in [0.2, 0.25) is 0 Å². The van der Waals surface area contributed by atoms with Gasteiger partial charge in [-0.15, -0.1) is 0 Å². The van der Waals surface area contributed by atoms with Crippen molar-refractivity contribution in [3.8, 4) is 0 Å². The zero-order valence-electron chi connectivity index (χ0n) is 7.54. The molecule has 0 heterocycles. The summed E-state index contributed by atoms with van der Waals surface area (Å²) in [6.07, 6.45) is 0. The molecule has 0 fully saturated rings. The highest BCUT2D eigenvalue weighted by molar-refractivity contribution is 5.86. The molecule has 0 aliphatic heterocycles. The Morgan fingerprint density at radius 2 is 2.08 bits per heavy atom. The van der Waals surface area contributed by atoms with Gasteiger partial charge >= 0.3 is 0 Å². The predicted octanol–water partition coefficient (Wildman–Crippen LogP) is 2.05. The number of rotatable bonds is 2. The van der Waals surface area contributed by atoms with E-state index in [1.807, 2.05) is 38.1 Å². The third kappa shape index (κ3) is 2.17. The van der Waals surface area contributed by atoms with Crippen LogP contribution in [0.25, 0.3) is 0 Å². The highest BCUT2D eigenvalue weighted by Crippen LogP contribution is 2.16. The maximum Gasteiger partial charge on any atom is 0.0658 e.